The second-order valence-electron chi connectivity index (χ2n) is 4.06. The number of hydrogen-bond donors (Lipinski definition) is 2. The van der Waals surface area contributed by atoms with Crippen molar-refractivity contribution in [3.63, 3.8) is 0 Å². The van der Waals surface area contributed by atoms with E-state index < -0.39 is 23.1 Å². The van der Waals surface area contributed by atoms with Crippen LogP contribution in [0.3, 0.4) is 0 Å². The molecule has 3 nitrogen and oxygen atoms in total. The molecule has 0 bridgehead atoms. The highest BCUT2D eigenvalue weighted by molar-refractivity contribution is 5.83. The van der Waals surface area contributed by atoms with Gasteiger partial charge in [-0.05, 0) is 19.9 Å². The third-order valence-electron chi connectivity index (χ3n) is 2.37. The Balaban J connectivity index is 2.76. The van der Waals surface area contributed by atoms with E-state index in [1.807, 2.05) is 0 Å². The lowest BCUT2D eigenvalue weighted by Gasteiger charge is -2.22. The third kappa shape index (κ3) is 2.76. The standard InChI is InChI=1S/C11H14F2N2O/c1-11(2,10(14)16)15-6-7-4-3-5-8(12)9(7)13/h3-5,15H,6H2,1-2H3,(H2,14,16). The van der Waals surface area contributed by atoms with Crippen LogP contribution in [0.5, 0.6) is 0 Å². The predicted molar refractivity (Wildman–Crippen MR) is 56.5 cm³/mol. The minimum absolute atomic E-state index is 0.0412. The largest absolute Gasteiger partial charge is 0.368 e. The van der Waals surface area contributed by atoms with Gasteiger partial charge in [0.2, 0.25) is 5.91 Å². The van der Waals surface area contributed by atoms with Gasteiger partial charge in [0, 0.05) is 12.1 Å². The fourth-order valence-electron chi connectivity index (χ4n) is 1.09. The molecular weight excluding hydrogens is 214 g/mol. The number of amides is 1. The third-order valence-corrected chi connectivity index (χ3v) is 2.37. The van der Waals surface area contributed by atoms with Crippen molar-refractivity contribution in [1.29, 1.82) is 0 Å². The number of nitrogens with two attached hydrogens (primary N) is 1. The smallest absolute Gasteiger partial charge is 0.237 e. The van der Waals surface area contributed by atoms with E-state index in [9.17, 15) is 13.6 Å². The van der Waals surface area contributed by atoms with Crippen LogP contribution in [0.4, 0.5) is 8.78 Å². The summed E-state index contributed by atoms with van der Waals surface area (Å²) in [5.74, 6) is -2.37. The molecule has 88 valence electrons. The molecule has 0 unspecified atom stereocenters. The van der Waals surface area contributed by atoms with Crippen LogP contribution in [-0.2, 0) is 11.3 Å². The van der Waals surface area contributed by atoms with Gasteiger partial charge in [-0.2, -0.15) is 0 Å². The van der Waals surface area contributed by atoms with Crippen LogP contribution in [-0.4, -0.2) is 11.4 Å². The molecule has 5 heteroatoms. The minimum Gasteiger partial charge on any atom is -0.368 e. The molecule has 16 heavy (non-hydrogen) atoms. The first kappa shape index (κ1) is 12.6. The van der Waals surface area contributed by atoms with Crippen LogP contribution >= 0.6 is 0 Å². The summed E-state index contributed by atoms with van der Waals surface area (Å²) in [4.78, 5) is 11.0. The highest BCUT2D eigenvalue weighted by atomic mass is 19.2. The maximum atomic E-state index is 13.2. The number of halogens is 2. The van der Waals surface area contributed by atoms with E-state index in [2.05, 4.69) is 5.32 Å². The van der Waals surface area contributed by atoms with Gasteiger partial charge in [0.1, 0.15) is 0 Å². The van der Waals surface area contributed by atoms with Crippen molar-refractivity contribution >= 4 is 5.91 Å². The summed E-state index contributed by atoms with van der Waals surface area (Å²) in [5, 5.41) is 2.76. The second kappa shape index (κ2) is 4.57. The molecule has 3 N–H and O–H groups in total. The number of carbonyl (C=O) groups is 1. The minimum atomic E-state index is -0.960. The lowest BCUT2D eigenvalue weighted by atomic mass is 10.0. The summed E-state index contributed by atoms with van der Waals surface area (Å²) in [5.41, 5.74) is 4.33. The first-order valence-corrected chi connectivity index (χ1v) is 4.82. The van der Waals surface area contributed by atoms with Gasteiger partial charge in [-0.25, -0.2) is 8.78 Å². The first-order valence-electron chi connectivity index (χ1n) is 4.82. The molecule has 1 amide bonds. The quantitative estimate of drug-likeness (QED) is 0.816. The van der Waals surface area contributed by atoms with E-state index >= 15 is 0 Å². The van der Waals surface area contributed by atoms with Gasteiger partial charge in [-0.1, -0.05) is 12.1 Å². The van der Waals surface area contributed by atoms with Gasteiger partial charge in [0.05, 0.1) is 5.54 Å². The van der Waals surface area contributed by atoms with Crippen molar-refractivity contribution in [3.05, 3.63) is 35.4 Å². The maximum absolute atomic E-state index is 13.2. The number of benzene rings is 1. The van der Waals surface area contributed by atoms with E-state index in [1.165, 1.54) is 12.1 Å². The summed E-state index contributed by atoms with van der Waals surface area (Å²) in [6.45, 7) is 3.19. The van der Waals surface area contributed by atoms with Crippen LogP contribution in [0.2, 0.25) is 0 Å². The monoisotopic (exact) mass is 228 g/mol. The van der Waals surface area contributed by atoms with E-state index in [0.29, 0.717) is 0 Å². The van der Waals surface area contributed by atoms with Gasteiger partial charge in [-0.15, -0.1) is 0 Å². The molecule has 0 saturated heterocycles. The number of nitrogens with one attached hydrogen (secondary N) is 1. The number of carbonyl (C=O) groups excluding carboxylic acids is 1. The topological polar surface area (TPSA) is 55.1 Å². The highest BCUT2D eigenvalue weighted by Gasteiger charge is 2.24. The van der Waals surface area contributed by atoms with Gasteiger partial charge < -0.3 is 5.73 Å². The summed E-state index contributed by atoms with van der Waals surface area (Å²) >= 11 is 0. The van der Waals surface area contributed by atoms with Crippen molar-refractivity contribution in [2.24, 2.45) is 5.73 Å². The Hall–Kier alpha value is -1.49. The summed E-state index contributed by atoms with van der Waals surface area (Å²) in [6.07, 6.45) is 0. The molecule has 0 atom stereocenters. The van der Waals surface area contributed by atoms with Gasteiger partial charge in [0.15, 0.2) is 11.6 Å². The van der Waals surface area contributed by atoms with Crippen LogP contribution < -0.4 is 11.1 Å². The average molecular weight is 228 g/mol. The lowest BCUT2D eigenvalue weighted by molar-refractivity contribution is -0.123. The SMILES string of the molecule is CC(C)(NCc1cccc(F)c1F)C(N)=O. The Morgan fingerprint density at radius 2 is 2.06 bits per heavy atom. The van der Waals surface area contributed by atoms with E-state index in [1.54, 1.807) is 13.8 Å². The molecule has 1 rings (SSSR count). The molecule has 0 aliphatic carbocycles. The van der Waals surface area contributed by atoms with E-state index in [4.69, 9.17) is 5.73 Å². The zero-order valence-corrected chi connectivity index (χ0v) is 9.18. The molecule has 0 aromatic heterocycles. The zero-order valence-electron chi connectivity index (χ0n) is 9.18. The molecule has 0 heterocycles. The zero-order chi connectivity index (χ0) is 12.3. The number of hydrogen-bond acceptors (Lipinski definition) is 2. The average Bonchev–Trinajstić information content (AvgIpc) is 2.20. The molecule has 0 radical (unpaired) electrons. The number of rotatable bonds is 4. The van der Waals surface area contributed by atoms with Crippen LogP contribution in [0, 0.1) is 11.6 Å². The molecule has 1 aromatic rings. The van der Waals surface area contributed by atoms with Crippen molar-refractivity contribution in [2.45, 2.75) is 25.9 Å². The molecule has 1 aromatic carbocycles. The summed E-state index contributed by atoms with van der Waals surface area (Å²) in [7, 11) is 0. The molecule has 0 fully saturated rings. The van der Waals surface area contributed by atoms with Gasteiger partial charge in [-0.3, -0.25) is 10.1 Å². The van der Waals surface area contributed by atoms with Crippen LogP contribution in [0.1, 0.15) is 19.4 Å². The van der Waals surface area contributed by atoms with Crippen molar-refractivity contribution in [1.82, 2.24) is 5.32 Å². The van der Waals surface area contributed by atoms with E-state index in [-0.39, 0.29) is 12.1 Å². The molecular formula is C11H14F2N2O. The molecule has 0 aliphatic heterocycles. The van der Waals surface area contributed by atoms with Gasteiger partial charge >= 0.3 is 0 Å². The normalized spacial score (nSPS) is 11.5. The lowest BCUT2D eigenvalue weighted by Crippen LogP contribution is -2.50. The molecule has 0 saturated carbocycles. The Labute approximate surface area is 92.6 Å². The first-order chi connectivity index (χ1) is 7.34. The van der Waals surface area contributed by atoms with Crippen molar-refractivity contribution in [2.75, 3.05) is 0 Å². The van der Waals surface area contributed by atoms with Crippen LogP contribution in [0.25, 0.3) is 0 Å². The van der Waals surface area contributed by atoms with Gasteiger partial charge in [0.25, 0.3) is 0 Å². The summed E-state index contributed by atoms with van der Waals surface area (Å²) < 4.78 is 26.1. The second-order valence-corrected chi connectivity index (χ2v) is 4.06. The number of primary amides is 1. The molecule has 0 aliphatic rings. The highest BCUT2D eigenvalue weighted by Crippen LogP contribution is 2.12. The van der Waals surface area contributed by atoms with Crippen molar-refractivity contribution in [3.8, 4) is 0 Å². The van der Waals surface area contributed by atoms with E-state index in [0.717, 1.165) is 6.07 Å². The van der Waals surface area contributed by atoms with Crippen molar-refractivity contribution < 1.29 is 13.6 Å². The molecule has 0 spiro atoms. The maximum Gasteiger partial charge on any atom is 0.237 e. The van der Waals surface area contributed by atoms with Crippen LogP contribution in [0.15, 0.2) is 18.2 Å². The Morgan fingerprint density at radius 3 is 2.62 bits per heavy atom. The fourth-order valence-corrected chi connectivity index (χ4v) is 1.09. The predicted octanol–water partition coefficient (Wildman–Crippen LogP) is 1.32. The fraction of sp³-hybridized carbons (Fsp3) is 0.364. The Kier molecular flexibility index (Phi) is 3.59. The Morgan fingerprint density at radius 1 is 1.44 bits per heavy atom. The summed E-state index contributed by atoms with van der Waals surface area (Å²) in [6, 6.07) is 3.90. The Bertz CT molecular complexity index is 405.